The summed E-state index contributed by atoms with van der Waals surface area (Å²) in [5.41, 5.74) is 2.94. The van der Waals surface area contributed by atoms with E-state index in [9.17, 15) is 13.2 Å². The van der Waals surface area contributed by atoms with E-state index >= 15 is 0 Å². The van der Waals surface area contributed by atoms with Crippen LogP contribution < -0.4 is 4.74 Å². The summed E-state index contributed by atoms with van der Waals surface area (Å²) < 4.78 is 41.3. The number of fused-ring (bicyclic) bond motifs is 1. The van der Waals surface area contributed by atoms with Crippen molar-refractivity contribution >= 4 is 11.0 Å². The van der Waals surface area contributed by atoms with E-state index in [2.05, 4.69) is 44.9 Å². The molecule has 0 aliphatic carbocycles. The van der Waals surface area contributed by atoms with E-state index in [-0.39, 0.29) is 5.82 Å². The minimum atomic E-state index is -0.791. The van der Waals surface area contributed by atoms with Crippen molar-refractivity contribution < 1.29 is 17.9 Å². The van der Waals surface area contributed by atoms with Crippen LogP contribution in [0, 0.1) is 24.4 Å². The van der Waals surface area contributed by atoms with Gasteiger partial charge < -0.3 is 14.6 Å². The van der Waals surface area contributed by atoms with Crippen molar-refractivity contribution in [3.05, 3.63) is 95.6 Å². The number of para-hydroxylation sites is 2. The van der Waals surface area contributed by atoms with Crippen molar-refractivity contribution in [2.45, 2.75) is 26.8 Å². The van der Waals surface area contributed by atoms with Crippen LogP contribution in [0.2, 0.25) is 0 Å². The van der Waals surface area contributed by atoms with Crippen molar-refractivity contribution in [1.82, 2.24) is 19.8 Å². The first-order chi connectivity index (χ1) is 17.9. The summed E-state index contributed by atoms with van der Waals surface area (Å²) in [6.45, 7) is 10.8. The zero-order valence-corrected chi connectivity index (χ0v) is 21.7. The molecule has 0 radical (unpaired) electrons. The Bertz CT molecular complexity index is 1200. The maximum atomic E-state index is 12.2. The van der Waals surface area contributed by atoms with Gasteiger partial charge in [0.25, 0.3) is 0 Å². The van der Waals surface area contributed by atoms with E-state index in [0.29, 0.717) is 5.75 Å². The van der Waals surface area contributed by atoms with Crippen LogP contribution in [0.1, 0.15) is 24.7 Å². The van der Waals surface area contributed by atoms with E-state index in [4.69, 9.17) is 4.74 Å². The molecule has 0 bridgehead atoms. The first-order valence-electron chi connectivity index (χ1n) is 12.5. The summed E-state index contributed by atoms with van der Waals surface area (Å²) in [4.78, 5) is 13.1. The lowest BCUT2D eigenvalue weighted by molar-refractivity contribution is 0.254. The molecule has 1 aromatic heterocycles. The van der Waals surface area contributed by atoms with Gasteiger partial charge >= 0.3 is 0 Å². The Morgan fingerprint density at radius 1 is 0.865 bits per heavy atom. The van der Waals surface area contributed by atoms with Crippen molar-refractivity contribution in [3.63, 3.8) is 0 Å². The number of nitrogens with one attached hydrogen (secondary N) is 1. The van der Waals surface area contributed by atoms with Gasteiger partial charge in [-0.2, -0.15) is 0 Å². The number of imidazole rings is 1. The molecule has 0 atom stereocenters. The number of halogens is 3. The largest absolute Gasteiger partial charge is 0.497 e. The van der Waals surface area contributed by atoms with Crippen molar-refractivity contribution in [1.29, 1.82) is 0 Å². The molecule has 1 N–H and O–H groups in total. The molecular formula is C29H35F3N4O. The highest BCUT2D eigenvalue weighted by Gasteiger charge is 2.15. The highest BCUT2D eigenvalue weighted by atomic mass is 19.2. The Kier molecular flexibility index (Phi) is 11.0. The van der Waals surface area contributed by atoms with E-state index < -0.39 is 11.6 Å². The molecule has 2 heterocycles. The maximum Gasteiger partial charge on any atom is 0.159 e. The van der Waals surface area contributed by atoms with Crippen LogP contribution >= 0.6 is 0 Å². The molecule has 1 aliphatic rings. The summed E-state index contributed by atoms with van der Waals surface area (Å²) in [6.07, 6.45) is 1.26. The van der Waals surface area contributed by atoms with Gasteiger partial charge in [-0.15, -0.1) is 0 Å². The zero-order chi connectivity index (χ0) is 26.6. The van der Waals surface area contributed by atoms with Gasteiger partial charge in [-0.05, 0) is 87.1 Å². The molecule has 1 aliphatic heterocycles. The number of aromatic nitrogens is 2. The number of hydrogen-bond acceptors (Lipinski definition) is 4. The number of aromatic amines is 1. The number of nitrogens with zero attached hydrogens (tertiary/aromatic N) is 3. The molecule has 5 nitrogen and oxygen atoms in total. The van der Waals surface area contributed by atoms with Crippen molar-refractivity contribution in [2.24, 2.45) is 0 Å². The Morgan fingerprint density at radius 3 is 2.22 bits per heavy atom. The first kappa shape index (κ1) is 28.2. The third kappa shape index (κ3) is 9.22. The average molecular weight is 513 g/mol. The number of ether oxygens (including phenoxy) is 1. The number of methoxy groups -OCH3 is 1. The number of likely N-dealkylation sites (N-methyl/N-ethyl adjacent to an activating group) is 1. The van der Waals surface area contributed by atoms with Crippen molar-refractivity contribution in [2.75, 3.05) is 39.8 Å². The van der Waals surface area contributed by atoms with Gasteiger partial charge in [0, 0.05) is 13.1 Å². The minimum Gasteiger partial charge on any atom is -0.497 e. The normalized spacial score (nSPS) is 14.2. The number of benzene rings is 3. The monoisotopic (exact) mass is 512 g/mol. The highest BCUT2D eigenvalue weighted by molar-refractivity contribution is 5.74. The Balaban J connectivity index is 0.000000176. The van der Waals surface area contributed by atoms with E-state index in [1.165, 1.54) is 50.8 Å². The predicted octanol–water partition coefficient (Wildman–Crippen LogP) is 6.20. The molecule has 0 spiro atoms. The second-order valence-electron chi connectivity index (χ2n) is 8.84. The molecule has 4 aromatic rings. The number of hydrogen-bond donors (Lipinski definition) is 1. The second-order valence-corrected chi connectivity index (χ2v) is 8.84. The van der Waals surface area contributed by atoms with Gasteiger partial charge in [0.05, 0.1) is 24.7 Å². The zero-order valence-electron chi connectivity index (χ0n) is 21.7. The smallest absolute Gasteiger partial charge is 0.159 e. The van der Waals surface area contributed by atoms with Gasteiger partial charge in [-0.1, -0.05) is 25.1 Å². The molecule has 1 saturated heterocycles. The summed E-state index contributed by atoms with van der Waals surface area (Å²) in [7, 11) is 1.55. The molecule has 0 amide bonds. The Labute approximate surface area is 216 Å². The van der Waals surface area contributed by atoms with Crippen LogP contribution in [0.3, 0.4) is 0 Å². The maximum absolute atomic E-state index is 12.2. The molecule has 1 fully saturated rings. The number of H-pyrrole nitrogens is 1. The SMILES string of the molecule is CCN1CCCN(Cc2nc3ccccc3[nH]2)CC1.COc1ccc(F)cc1.Cc1ccc(F)c(F)c1. The van der Waals surface area contributed by atoms with Crippen LogP contribution in [-0.2, 0) is 6.54 Å². The topological polar surface area (TPSA) is 44.4 Å². The van der Waals surface area contributed by atoms with Crippen LogP contribution in [0.25, 0.3) is 11.0 Å². The molecule has 37 heavy (non-hydrogen) atoms. The van der Waals surface area contributed by atoms with E-state index in [1.54, 1.807) is 26.2 Å². The van der Waals surface area contributed by atoms with Gasteiger partial charge in [0.2, 0.25) is 0 Å². The quantitative estimate of drug-likeness (QED) is 0.354. The lowest BCUT2D eigenvalue weighted by Gasteiger charge is -2.19. The van der Waals surface area contributed by atoms with Gasteiger partial charge in [-0.3, -0.25) is 4.90 Å². The lowest BCUT2D eigenvalue weighted by Crippen LogP contribution is -2.30. The van der Waals surface area contributed by atoms with E-state index in [0.717, 1.165) is 47.6 Å². The number of aryl methyl sites for hydroxylation is 1. The third-order valence-corrected chi connectivity index (χ3v) is 6.06. The van der Waals surface area contributed by atoms with Gasteiger partial charge in [0.1, 0.15) is 17.4 Å². The molecule has 8 heteroatoms. The standard InChI is InChI=1S/C15H22N4.C7H6F2.C7H7FO/c1-2-18-8-5-9-19(11-10-18)12-15-16-13-6-3-4-7-14(13)17-15;1-5-2-3-6(8)7(9)4-5;1-9-7-4-2-6(8)3-5-7/h3-4,6-7H,2,5,8-12H2,1H3,(H,16,17);2-4H,1H3;2-5H,1H3. The fraction of sp³-hybridized carbons (Fsp3) is 0.345. The van der Waals surface area contributed by atoms with Crippen LogP contribution in [-0.4, -0.2) is 59.6 Å². The van der Waals surface area contributed by atoms with Gasteiger partial charge in [0.15, 0.2) is 11.6 Å². The summed E-state index contributed by atoms with van der Waals surface area (Å²) in [5, 5.41) is 0. The van der Waals surface area contributed by atoms with Gasteiger partial charge in [-0.25, -0.2) is 18.2 Å². The Morgan fingerprint density at radius 2 is 1.57 bits per heavy atom. The number of rotatable bonds is 4. The molecular weight excluding hydrogens is 477 g/mol. The van der Waals surface area contributed by atoms with Crippen LogP contribution in [0.5, 0.6) is 5.75 Å². The molecule has 198 valence electrons. The summed E-state index contributed by atoms with van der Waals surface area (Å²) in [5.74, 6) is -0.0473. The van der Waals surface area contributed by atoms with Crippen molar-refractivity contribution in [3.8, 4) is 5.75 Å². The van der Waals surface area contributed by atoms with Crippen LogP contribution in [0.15, 0.2) is 66.7 Å². The third-order valence-electron chi connectivity index (χ3n) is 6.06. The molecule has 0 unspecified atom stereocenters. The Hall–Kier alpha value is -3.36. The van der Waals surface area contributed by atoms with Crippen LogP contribution in [0.4, 0.5) is 13.2 Å². The second kappa shape index (κ2) is 14.4. The summed E-state index contributed by atoms with van der Waals surface area (Å²) in [6, 6.07) is 17.9. The lowest BCUT2D eigenvalue weighted by atomic mass is 10.2. The highest BCUT2D eigenvalue weighted by Crippen LogP contribution is 2.13. The fourth-order valence-electron chi connectivity index (χ4n) is 3.96. The fourth-order valence-corrected chi connectivity index (χ4v) is 3.96. The summed E-state index contributed by atoms with van der Waals surface area (Å²) >= 11 is 0. The molecule has 0 saturated carbocycles. The predicted molar refractivity (Wildman–Crippen MR) is 142 cm³/mol. The molecule has 5 rings (SSSR count). The van der Waals surface area contributed by atoms with E-state index in [1.807, 2.05) is 6.07 Å². The average Bonchev–Trinajstić information content (AvgIpc) is 3.18. The molecule has 3 aromatic carbocycles. The first-order valence-corrected chi connectivity index (χ1v) is 12.5. The minimum absolute atomic E-state index is 0.240.